The second-order valence-electron chi connectivity index (χ2n) is 4.14. The van der Waals surface area contributed by atoms with Crippen LogP contribution in [0, 0.1) is 6.92 Å². The standard InChI is InChI=1S/C12H14ClN3O2S2/c1-8-6-11(19-10(8)7-14-2)20(17,18)16-12-9(13)4-3-5-15-12/h3-6,14H,7H2,1-2H3,(H,15,16). The van der Waals surface area contributed by atoms with E-state index >= 15 is 0 Å². The Hall–Kier alpha value is -1.15. The number of anilines is 1. The minimum absolute atomic E-state index is 0.135. The van der Waals surface area contributed by atoms with E-state index < -0.39 is 10.0 Å². The predicted octanol–water partition coefficient (Wildman–Crippen LogP) is 2.63. The summed E-state index contributed by atoms with van der Waals surface area (Å²) in [7, 11) is -1.84. The zero-order valence-corrected chi connectivity index (χ0v) is 13.4. The van der Waals surface area contributed by atoms with E-state index in [0.717, 1.165) is 10.4 Å². The van der Waals surface area contributed by atoms with E-state index in [1.54, 1.807) is 18.2 Å². The van der Waals surface area contributed by atoms with Crippen molar-refractivity contribution in [2.75, 3.05) is 11.8 Å². The van der Waals surface area contributed by atoms with Crippen molar-refractivity contribution < 1.29 is 8.42 Å². The number of hydrogen-bond donors (Lipinski definition) is 2. The molecule has 8 heteroatoms. The zero-order valence-electron chi connectivity index (χ0n) is 11.0. The number of thiophene rings is 1. The number of halogens is 1. The van der Waals surface area contributed by atoms with Gasteiger partial charge in [-0.1, -0.05) is 11.6 Å². The van der Waals surface area contributed by atoms with Gasteiger partial charge in [-0.25, -0.2) is 13.4 Å². The molecule has 0 spiro atoms. The molecule has 2 aromatic rings. The van der Waals surface area contributed by atoms with Crippen molar-refractivity contribution in [2.45, 2.75) is 17.7 Å². The van der Waals surface area contributed by atoms with Crippen LogP contribution in [0.25, 0.3) is 0 Å². The molecule has 0 fully saturated rings. The van der Waals surface area contributed by atoms with Crippen LogP contribution in [0.2, 0.25) is 5.02 Å². The van der Waals surface area contributed by atoms with Gasteiger partial charge in [-0.05, 0) is 37.7 Å². The molecule has 0 saturated carbocycles. The van der Waals surface area contributed by atoms with Crippen molar-refractivity contribution in [2.24, 2.45) is 0 Å². The van der Waals surface area contributed by atoms with Gasteiger partial charge in [0.05, 0.1) is 5.02 Å². The summed E-state index contributed by atoms with van der Waals surface area (Å²) in [5.41, 5.74) is 0.942. The molecule has 2 heterocycles. The maximum Gasteiger partial charge on any atom is 0.272 e. The minimum atomic E-state index is -3.66. The predicted molar refractivity (Wildman–Crippen MR) is 81.9 cm³/mol. The highest BCUT2D eigenvalue weighted by molar-refractivity contribution is 7.94. The number of pyridine rings is 1. The third-order valence-corrected chi connectivity index (χ3v) is 5.94. The fraction of sp³-hybridized carbons (Fsp3) is 0.250. The second kappa shape index (κ2) is 6.09. The molecule has 0 bridgehead atoms. The van der Waals surface area contributed by atoms with Crippen molar-refractivity contribution in [1.82, 2.24) is 10.3 Å². The average molecular weight is 332 g/mol. The summed E-state index contributed by atoms with van der Waals surface area (Å²) < 4.78 is 27.3. The highest BCUT2D eigenvalue weighted by Crippen LogP contribution is 2.28. The molecule has 2 aromatic heterocycles. The normalized spacial score (nSPS) is 11.6. The Morgan fingerprint density at radius 1 is 1.45 bits per heavy atom. The van der Waals surface area contributed by atoms with Crippen LogP contribution in [0.3, 0.4) is 0 Å². The van der Waals surface area contributed by atoms with E-state index in [9.17, 15) is 8.42 Å². The number of rotatable bonds is 5. The van der Waals surface area contributed by atoms with Crippen LogP contribution in [0.5, 0.6) is 0 Å². The number of hydrogen-bond acceptors (Lipinski definition) is 5. The Labute approximate surface area is 127 Å². The largest absolute Gasteiger partial charge is 0.315 e. The molecule has 0 aliphatic heterocycles. The lowest BCUT2D eigenvalue weighted by atomic mass is 10.3. The number of aromatic nitrogens is 1. The van der Waals surface area contributed by atoms with E-state index in [2.05, 4.69) is 15.0 Å². The SMILES string of the molecule is CNCc1sc(S(=O)(=O)Nc2ncccc2Cl)cc1C. The fourth-order valence-corrected chi connectivity index (χ4v) is 4.45. The van der Waals surface area contributed by atoms with Crippen LogP contribution < -0.4 is 10.0 Å². The summed E-state index contributed by atoms with van der Waals surface area (Å²) >= 11 is 7.14. The summed E-state index contributed by atoms with van der Waals surface area (Å²) in [4.78, 5) is 4.91. The van der Waals surface area contributed by atoms with Gasteiger partial charge in [-0.15, -0.1) is 11.3 Å². The number of aryl methyl sites for hydroxylation is 1. The Morgan fingerprint density at radius 2 is 2.20 bits per heavy atom. The molecule has 108 valence electrons. The van der Waals surface area contributed by atoms with E-state index in [1.165, 1.54) is 17.5 Å². The minimum Gasteiger partial charge on any atom is -0.315 e. The lowest BCUT2D eigenvalue weighted by Crippen LogP contribution is -2.12. The molecule has 0 saturated heterocycles. The van der Waals surface area contributed by atoms with Gasteiger partial charge >= 0.3 is 0 Å². The van der Waals surface area contributed by atoms with E-state index in [1.807, 2.05) is 14.0 Å². The van der Waals surface area contributed by atoms with E-state index in [4.69, 9.17) is 11.6 Å². The van der Waals surface area contributed by atoms with Crippen molar-refractivity contribution in [3.63, 3.8) is 0 Å². The van der Waals surface area contributed by atoms with E-state index in [-0.39, 0.29) is 15.0 Å². The Kier molecular flexibility index (Phi) is 4.64. The summed E-state index contributed by atoms with van der Waals surface area (Å²) in [6.45, 7) is 2.52. The smallest absolute Gasteiger partial charge is 0.272 e. The van der Waals surface area contributed by atoms with Crippen LogP contribution in [0.15, 0.2) is 28.6 Å². The highest BCUT2D eigenvalue weighted by atomic mass is 35.5. The fourth-order valence-electron chi connectivity index (χ4n) is 1.60. The van der Waals surface area contributed by atoms with Gasteiger partial charge < -0.3 is 5.32 Å². The third kappa shape index (κ3) is 3.29. The molecule has 0 aromatic carbocycles. The number of sulfonamides is 1. The quantitative estimate of drug-likeness (QED) is 0.883. The van der Waals surface area contributed by atoms with Gasteiger partial charge in [0.25, 0.3) is 10.0 Å². The molecule has 5 nitrogen and oxygen atoms in total. The molecule has 20 heavy (non-hydrogen) atoms. The van der Waals surface area contributed by atoms with Gasteiger partial charge in [0, 0.05) is 17.6 Å². The lowest BCUT2D eigenvalue weighted by molar-refractivity contribution is 0.603. The van der Waals surface area contributed by atoms with Crippen molar-refractivity contribution in [1.29, 1.82) is 0 Å². The first kappa shape index (κ1) is 15.2. The molecule has 0 unspecified atom stereocenters. The van der Waals surface area contributed by atoms with Gasteiger partial charge in [0.15, 0.2) is 5.82 Å². The summed E-state index contributed by atoms with van der Waals surface area (Å²) in [5.74, 6) is 0.135. The lowest BCUT2D eigenvalue weighted by Gasteiger charge is -2.06. The molecule has 2 N–H and O–H groups in total. The summed E-state index contributed by atoms with van der Waals surface area (Å²) in [6, 6.07) is 4.87. The number of nitrogens with zero attached hydrogens (tertiary/aromatic N) is 1. The van der Waals surface area contributed by atoms with Crippen molar-refractivity contribution in [3.8, 4) is 0 Å². The van der Waals surface area contributed by atoms with Crippen LogP contribution >= 0.6 is 22.9 Å². The Balaban J connectivity index is 2.31. The van der Waals surface area contributed by atoms with Crippen LogP contribution in [-0.2, 0) is 16.6 Å². The van der Waals surface area contributed by atoms with Gasteiger partial charge in [-0.2, -0.15) is 0 Å². The van der Waals surface area contributed by atoms with Gasteiger partial charge in [-0.3, -0.25) is 4.72 Å². The third-order valence-electron chi connectivity index (χ3n) is 2.59. The monoisotopic (exact) mass is 331 g/mol. The maximum absolute atomic E-state index is 12.3. The molecule has 0 aliphatic carbocycles. The first-order chi connectivity index (χ1) is 9.44. The van der Waals surface area contributed by atoms with Crippen LogP contribution in [0.4, 0.5) is 5.82 Å². The molecule has 0 atom stereocenters. The topological polar surface area (TPSA) is 71.1 Å². The zero-order chi connectivity index (χ0) is 14.8. The molecule has 0 amide bonds. The van der Waals surface area contributed by atoms with E-state index in [0.29, 0.717) is 6.54 Å². The van der Waals surface area contributed by atoms with Gasteiger partial charge in [0.1, 0.15) is 4.21 Å². The molecule has 0 radical (unpaired) electrons. The average Bonchev–Trinajstić information content (AvgIpc) is 2.75. The van der Waals surface area contributed by atoms with Gasteiger partial charge in [0.2, 0.25) is 0 Å². The first-order valence-electron chi connectivity index (χ1n) is 5.81. The summed E-state index contributed by atoms with van der Waals surface area (Å²) in [5, 5.41) is 3.27. The van der Waals surface area contributed by atoms with Crippen LogP contribution in [-0.4, -0.2) is 20.4 Å². The van der Waals surface area contributed by atoms with Crippen LogP contribution in [0.1, 0.15) is 10.4 Å². The molecular formula is C12H14ClN3O2S2. The number of nitrogens with one attached hydrogen (secondary N) is 2. The Bertz CT molecular complexity index is 713. The highest BCUT2D eigenvalue weighted by Gasteiger charge is 2.20. The first-order valence-corrected chi connectivity index (χ1v) is 8.49. The van der Waals surface area contributed by atoms with Crippen molar-refractivity contribution in [3.05, 3.63) is 39.9 Å². The maximum atomic E-state index is 12.3. The molecule has 2 rings (SSSR count). The second-order valence-corrected chi connectivity index (χ2v) is 7.59. The Morgan fingerprint density at radius 3 is 2.85 bits per heavy atom. The molecule has 0 aliphatic rings. The van der Waals surface area contributed by atoms with Crippen molar-refractivity contribution >= 4 is 38.8 Å². The molecular weight excluding hydrogens is 318 g/mol. The summed E-state index contributed by atoms with van der Waals surface area (Å²) in [6.07, 6.45) is 1.48.